The van der Waals surface area contributed by atoms with E-state index in [1.54, 1.807) is 14.0 Å². The number of carbonyl (C=O) groups is 1. The van der Waals surface area contributed by atoms with E-state index < -0.39 is 16.6 Å². The lowest BCUT2D eigenvalue weighted by Gasteiger charge is -2.13. The standard InChI is InChI=1S/C20H17NO5/c1-3-26-20(22)18(21(23)24)12-17-13-8-4-6-10-15(13)19(25-2)16-11-7-5-9-14(16)17/h4-12H,3H2,1-2H3/b18-12-. The van der Waals surface area contributed by atoms with Crippen molar-refractivity contribution in [1.29, 1.82) is 0 Å². The fraction of sp³-hybridized carbons (Fsp3) is 0.150. The molecule has 0 bridgehead atoms. The zero-order valence-electron chi connectivity index (χ0n) is 14.4. The first-order valence-electron chi connectivity index (χ1n) is 8.09. The second-order valence-corrected chi connectivity index (χ2v) is 5.55. The van der Waals surface area contributed by atoms with Gasteiger partial charge in [0.2, 0.25) is 0 Å². The van der Waals surface area contributed by atoms with E-state index in [9.17, 15) is 14.9 Å². The molecule has 0 spiro atoms. The van der Waals surface area contributed by atoms with E-state index in [2.05, 4.69) is 0 Å². The van der Waals surface area contributed by atoms with Gasteiger partial charge in [-0.2, -0.15) is 0 Å². The molecular weight excluding hydrogens is 334 g/mol. The number of esters is 1. The van der Waals surface area contributed by atoms with Crippen LogP contribution in [0, 0.1) is 10.1 Å². The monoisotopic (exact) mass is 351 g/mol. The van der Waals surface area contributed by atoms with Crippen molar-refractivity contribution in [1.82, 2.24) is 0 Å². The van der Waals surface area contributed by atoms with Gasteiger partial charge in [0, 0.05) is 16.8 Å². The Hall–Kier alpha value is -3.41. The third kappa shape index (κ3) is 2.97. The Balaban J connectivity index is 2.42. The van der Waals surface area contributed by atoms with Crippen LogP contribution in [0.2, 0.25) is 0 Å². The molecular formula is C20H17NO5. The minimum atomic E-state index is -0.957. The van der Waals surface area contributed by atoms with E-state index in [1.807, 2.05) is 48.5 Å². The molecule has 3 aromatic carbocycles. The first-order valence-corrected chi connectivity index (χ1v) is 8.09. The number of carbonyl (C=O) groups excluding carboxylic acids is 1. The van der Waals surface area contributed by atoms with Crippen molar-refractivity contribution < 1.29 is 19.2 Å². The molecule has 0 aliphatic rings. The molecule has 0 aliphatic heterocycles. The molecule has 0 aliphatic carbocycles. The van der Waals surface area contributed by atoms with Gasteiger partial charge in [0.05, 0.1) is 18.6 Å². The van der Waals surface area contributed by atoms with Gasteiger partial charge in [-0.15, -0.1) is 0 Å². The second kappa shape index (κ2) is 7.23. The molecule has 0 N–H and O–H groups in total. The molecule has 0 heterocycles. The van der Waals surface area contributed by atoms with Gasteiger partial charge in [0.15, 0.2) is 0 Å². The molecule has 6 nitrogen and oxygen atoms in total. The Kier molecular flexibility index (Phi) is 4.84. The van der Waals surface area contributed by atoms with Crippen LogP contribution in [0.1, 0.15) is 12.5 Å². The highest BCUT2D eigenvalue weighted by Crippen LogP contribution is 2.39. The largest absolute Gasteiger partial charge is 0.495 e. The molecule has 0 aromatic heterocycles. The van der Waals surface area contributed by atoms with Crippen LogP contribution in [-0.2, 0) is 9.53 Å². The van der Waals surface area contributed by atoms with Crippen LogP contribution in [0.25, 0.3) is 27.6 Å². The molecule has 3 aromatic rings. The van der Waals surface area contributed by atoms with E-state index >= 15 is 0 Å². The predicted molar refractivity (Wildman–Crippen MR) is 99.6 cm³/mol. The first kappa shape index (κ1) is 17.4. The van der Waals surface area contributed by atoms with Gasteiger partial charge in [0.1, 0.15) is 5.75 Å². The summed E-state index contributed by atoms with van der Waals surface area (Å²) in [5.41, 5.74) is -0.0240. The number of fused-ring (bicyclic) bond motifs is 2. The summed E-state index contributed by atoms with van der Waals surface area (Å²) in [6.45, 7) is 1.67. The van der Waals surface area contributed by atoms with Crippen LogP contribution in [0.5, 0.6) is 5.75 Å². The molecule has 0 saturated carbocycles. The molecule has 26 heavy (non-hydrogen) atoms. The fourth-order valence-electron chi connectivity index (χ4n) is 3.03. The van der Waals surface area contributed by atoms with Gasteiger partial charge in [-0.1, -0.05) is 48.5 Å². The topological polar surface area (TPSA) is 78.7 Å². The smallest absolute Gasteiger partial charge is 0.409 e. The van der Waals surface area contributed by atoms with Gasteiger partial charge >= 0.3 is 11.7 Å². The highest BCUT2D eigenvalue weighted by Gasteiger charge is 2.25. The molecule has 3 rings (SSSR count). The Morgan fingerprint density at radius 1 is 1.04 bits per heavy atom. The summed E-state index contributed by atoms with van der Waals surface area (Å²) in [7, 11) is 1.59. The number of benzene rings is 3. The maximum absolute atomic E-state index is 12.0. The Morgan fingerprint density at radius 2 is 1.54 bits per heavy atom. The van der Waals surface area contributed by atoms with Gasteiger partial charge in [-0.3, -0.25) is 10.1 Å². The molecule has 6 heteroatoms. The normalized spacial score (nSPS) is 11.5. The summed E-state index contributed by atoms with van der Waals surface area (Å²) >= 11 is 0. The van der Waals surface area contributed by atoms with Gasteiger partial charge < -0.3 is 9.47 Å². The molecule has 0 unspecified atom stereocenters. The lowest BCUT2D eigenvalue weighted by atomic mass is 9.95. The van der Waals surface area contributed by atoms with Crippen molar-refractivity contribution in [3.05, 3.63) is 69.9 Å². The van der Waals surface area contributed by atoms with Crippen molar-refractivity contribution in [3.63, 3.8) is 0 Å². The Labute approximate surface area is 149 Å². The highest BCUT2D eigenvalue weighted by molar-refractivity contribution is 6.13. The molecule has 0 radical (unpaired) electrons. The summed E-state index contributed by atoms with van der Waals surface area (Å²) < 4.78 is 10.4. The van der Waals surface area contributed by atoms with Gasteiger partial charge in [-0.25, -0.2) is 4.79 Å². The molecule has 132 valence electrons. The minimum absolute atomic E-state index is 0.0636. The number of methoxy groups -OCH3 is 1. The Bertz CT molecular complexity index is 982. The maximum atomic E-state index is 12.0. The summed E-state index contributed by atoms with van der Waals surface area (Å²) in [6, 6.07) is 14.9. The summed E-state index contributed by atoms with van der Waals surface area (Å²) in [5, 5.41) is 14.6. The van der Waals surface area contributed by atoms with E-state index in [-0.39, 0.29) is 6.61 Å². The van der Waals surface area contributed by atoms with Crippen LogP contribution in [0.4, 0.5) is 0 Å². The molecule has 0 amide bonds. The van der Waals surface area contributed by atoms with Crippen molar-refractivity contribution in [3.8, 4) is 5.75 Å². The number of nitro groups is 1. The zero-order valence-corrected chi connectivity index (χ0v) is 14.4. The minimum Gasteiger partial charge on any atom is -0.495 e. The molecule has 0 saturated heterocycles. The average Bonchev–Trinajstić information content (AvgIpc) is 2.65. The van der Waals surface area contributed by atoms with Gasteiger partial charge in [-0.05, 0) is 23.3 Å². The average molecular weight is 351 g/mol. The number of hydrogen-bond donors (Lipinski definition) is 0. The lowest BCUT2D eigenvalue weighted by Crippen LogP contribution is -2.14. The first-order chi connectivity index (χ1) is 12.6. The fourth-order valence-corrected chi connectivity index (χ4v) is 3.03. The lowest BCUT2D eigenvalue weighted by molar-refractivity contribution is -0.419. The van der Waals surface area contributed by atoms with Crippen molar-refractivity contribution in [2.45, 2.75) is 6.92 Å². The summed E-state index contributed by atoms with van der Waals surface area (Å²) in [4.78, 5) is 22.7. The highest BCUT2D eigenvalue weighted by atomic mass is 16.6. The van der Waals surface area contributed by atoms with Crippen LogP contribution in [-0.4, -0.2) is 24.6 Å². The Morgan fingerprint density at radius 3 is 1.96 bits per heavy atom. The van der Waals surface area contributed by atoms with Gasteiger partial charge in [0.25, 0.3) is 0 Å². The SMILES string of the molecule is CCOC(=O)/C(=C/c1c2ccccc2c(OC)c2ccccc12)[N+](=O)[O-]. The number of nitrogens with zero attached hydrogens (tertiary/aromatic N) is 1. The van der Waals surface area contributed by atoms with Crippen LogP contribution >= 0.6 is 0 Å². The van der Waals surface area contributed by atoms with Crippen LogP contribution < -0.4 is 4.74 Å². The zero-order chi connectivity index (χ0) is 18.7. The second-order valence-electron chi connectivity index (χ2n) is 5.55. The van der Waals surface area contributed by atoms with Crippen LogP contribution in [0.15, 0.2) is 54.2 Å². The number of ether oxygens (including phenoxy) is 2. The van der Waals surface area contributed by atoms with Crippen molar-refractivity contribution in [2.24, 2.45) is 0 Å². The molecule has 0 fully saturated rings. The van der Waals surface area contributed by atoms with Crippen molar-refractivity contribution in [2.75, 3.05) is 13.7 Å². The summed E-state index contributed by atoms with van der Waals surface area (Å²) in [5.74, 6) is -0.270. The summed E-state index contributed by atoms with van der Waals surface area (Å²) in [6.07, 6.45) is 1.28. The maximum Gasteiger partial charge on any atom is 0.409 e. The van der Waals surface area contributed by atoms with E-state index in [1.165, 1.54) is 6.08 Å². The molecule has 0 atom stereocenters. The third-order valence-electron chi connectivity index (χ3n) is 4.09. The quantitative estimate of drug-likeness (QED) is 0.226. The van der Waals surface area contributed by atoms with E-state index in [0.717, 1.165) is 21.5 Å². The van der Waals surface area contributed by atoms with E-state index in [0.29, 0.717) is 11.3 Å². The van der Waals surface area contributed by atoms with Crippen molar-refractivity contribution >= 4 is 33.6 Å². The van der Waals surface area contributed by atoms with E-state index in [4.69, 9.17) is 9.47 Å². The third-order valence-corrected chi connectivity index (χ3v) is 4.09. The predicted octanol–water partition coefficient (Wildman–Crippen LogP) is 4.18. The number of hydrogen-bond acceptors (Lipinski definition) is 5. The van der Waals surface area contributed by atoms with Crippen LogP contribution in [0.3, 0.4) is 0 Å². The number of rotatable bonds is 5.